The van der Waals surface area contributed by atoms with Gasteiger partial charge in [-0.1, -0.05) is 38.1 Å². The quantitative estimate of drug-likeness (QED) is 0.337. The van der Waals surface area contributed by atoms with Gasteiger partial charge in [-0.25, -0.2) is 18.7 Å². The molecule has 0 atom stereocenters. The molecule has 36 heavy (non-hydrogen) atoms. The van der Waals surface area contributed by atoms with Crippen molar-refractivity contribution in [2.45, 2.75) is 51.9 Å². The van der Waals surface area contributed by atoms with Gasteiger partial charge in [0.2, 0.25) is 18.2 Å². The fourth-order valence-corrected chi connectivity index (χ4v) is 3.45. The van der Waals surface area contributed by atoms with Crippen molar-refractivity contribution in [1.82, 2.24) is 34.9 Å². The number of carbonyl (C=O) groups is 1. The highest BCUT2D eigenvalue weighted by Crippen LogP contribution is 2.24. The van der Waals surface area contributed by atoms with E-state index < -0.39 is 12.8 Å². The number of aryl methyl sites for hydroxylation is 2. The van der Waals surface area contributed by atoms with E-state index in [1.807, 2.05) is 20.8 Å². The summed E-state index contributed by atoms with van der Waals surface area (Å²) >= 11 is 0. The molecule has 3 aromatic heterocycles. The molecule has 12 heteroatoms. The Morgan fingerprint density at radius 3 is 2.61 bits per heavy atom. The number of rotatable bonds is 9. The Bertz CT molecular complexity index is 1360. The first-order chi connectivity index (χ1) is 17.1. The highest BCUT2D eigenvalue weighted by Gasteiger charge is 2.24. The number of anilines is 2. The SMILES string of the molecule is Cn1ccc(Nc2ncnc(-c3ccc(CCC(=O)c4nc(C(C)(C)C)no4)c(CC(F)F)c3)n2)n1. The Labute approximate surface area is 206 Å². The molecule has 0 fully saturated rings. The summed E-state index contributed by atoms with van der Waals surface area (Å²) in [6.07, 6.45) is 0.384. The van der Waals surface area contributed by atoms with Crippen LogP contribution >= 0.6 is 0 Å². The van der Waals surface area contributed by atoms with Gasteiger partial charge in [-0.2, -0.15) is 15.1 Å². The van der Waals surface area contributed by atoms with Crippen LogP contribution < -0.4 is 5.32 Å². The van der Waals surface area contributed by atoms with Crippen molar-refractivity contribution in [3.8, 4) is 11.4 Å². The van der Waals surface area contributed by atoms with Crippen LogP contribution in [0.3, 0.4) is 0 Å². The average molecular weight is 497 g/mol. The van der Waals surface area contributed by atoms with Crippen molar-refractivity contribution in [3.05, 3.63) is 59.6 Å². The molecule has 0 aliphatic rings. The van der Waals surface area contributed by atoms with E-state index in [9.17, 15) is 13.6 Å². The number of ketones is 1. The molecule has 0 bridgehead atoms. The molecule has 3 heterocycles. The smallest absolute Gasteiger partial charge is 0.294 e. The van der Waals surface area contributed by atoms with Crippen LogP contribution in [0.25, 0.3) is 11.4 Å². The Morgan fingerprint density at radius 1 is 1.14 bits per heavy atom. The minimum atomic E-state index is -2.56. The summed E-state index contributed by atoms with van der Waals surface area (Å²) in [4.78, 5) is 29.4. The van der Waals surface area contributed by atoms with Crippen molar-refractivity contribution in [2.24, 2.45) is 7.05 Å². The highest BCUT2D eigenvalue weighted by atomic mass is 19.3. The summed E-state index contributed by atoms with van der Waals surface area (Å²) < 4.78 is 33.5. The van der Waals surface area contributed by atoms with E-state index in [4.69, 9.17) is 4.52 Å². The van der Waals surface area contributed by atoms with Gasteiger partial charge in [0.05, 0.1) is 0 Å². The number of nitrogens with one attached hydrogen (secondary N) is 1. The largest absolute Gasteiger partial charge is 0.331 e. The summed E-state index contributed by atoms with van der Waals surface area (Å²) in [5, 5.41) is 11.1. The molecule has 0 saturated heterocycles. The highest BCUT2D eigenvalue weighted by molar-refractivity contribution is 5.91. The predicted octanol–water partition coefficient (Wildman–Crippen LogP) is 4.32. The molecule has 1 aromatic carbocycles. The summed E-state index contributed by atoms with van der Waals surface area (Å²) in [6.45, 7) is 5.73. The van der Waals surface area contributed by atoms with E-state index in [0.717, 1.165) is 0 Å². The van der Waals surface area contributed by atoms with E-state index in [-0.39, 0.29) is 35.9 Å². The van der Waals surface area contributed by atoms with E-state index >= 15 is 0 Å². The van der Waals surface area contributed by atoms with Gasteiger partial charge in [-0.15, -0.1) is 0 Å². The molecule has 0 spiro atoms. The first-order valence-corrected chi connectivity index (χ1v) is 11.3. The van der Waals surface area contributed by atoms with Crippen LogP contribution in [-0.2, 0) is 25.3 Å². The molecule has 0 saturated carbocycles. The van der Waals surface area contributed by atoms with Crippen molar-refractivity contribution < 1.29 is 18.1 Å². The fourth-order valence-electron chi connectivity index (χ4n) is 3.45. The van der Waals surface area contributed by atoms with E-state index in [0.29, 0.717) is 34.2 Å². The Kier molecular flexibility index (Phi) is 7.13. The molecule has 0 unspecified atom stereocenters. The average Bonchev–Trinajstić information content (AvgIpc) is 3.47. The van der Waals surface area contributed by atoms with E-state index in [2.05, 4.69) is 35.5 Å². The first kappa shape index (κ1) is 25.0. The molecule has 188 valence electrons. The molecule has 4 aromatic rings. The third-order valence-corrected chi connectivity index (χ3v) is 5.32. The molecular weight excluding hydrogens is 470 g/mol. The topological polar surface area (TPSA) is 125 Å². The lowest BCUT2D eigenvalue weighted by molar-refractivity contribution is 0.0940. The van der Waals surface area contributed by atoms with Gasteiger partial charge < -0.3 is 9.84 Å². The van der Waals surface area contributed by atoms with Gasteiger partial charge in [0.15, 0.2) is 17.5 Å². The molecule has 0 amide bonds. The fraction of sp³-hybridized carbons (Fsp3) is 0.375. The minimum absolute atomic E-state index is 0.0469. The zero-order chi connectivity index (χ0) is 25.9. The predicted molar refractivity (Wildman–Crippen MR) is 127 cm³/mol. The van der Waals surface area contributed by atoms with Crippen LogP contribution in [0.2, 0.25) is 0 Å². The number of hydrogen-bond donors (Lipinski definition) is 1. The van der Waals surface area contributed by atoms with Gasteiger partial charge in [0.1, 0.15) is 6.33 Å². The van der Waals surface area contributed by atoms with Crippen molar-refractivity contribution in [2.75, 3.05) is 5.32 Å². The Balaban J connectivity index is 1.52. The van der Waals surface area contributed by atoms with E-state index in [1.54, 1.807) is 42.2 Å². The monoisotopic (exact) mass is 496 g/mol. The molecule has 0 aliphatic carbocycles. The molecule has 10 nitrogen and oxygen atoms in total. The zero-order valence-corrected chi connectivity index (χ0v) is 20.4. The standard InChI is InChI=1S/C24H26F2N8O2/c1-24(2,3)22-31-21(36-33-22)17(35)8-7-14-5-6-15(11-16(14)12-18(25)26)20-27-13-28-23(30-20)29-19-9-10-34(4)32-19/h5-6,9-11,13,18H,7-8,12H2,1-4H3,(H,27,28,29,30,32). The van der Waals surface area contributed by atoms with Crippen LogP contribution in [-0.4, -0.2) is 47.1 Å². The summed E-state index contributed by atoms with van der Waals surface area (Å²) in [6, 6.07) is 6.83. The number of Topliss-reactive ketones (excluding diaryl/α,β-unsaturated/α-hetero) is 1. The van der Waals surface area contributed by atoms with Crippen LogP contribution in [0.1, 0.15) is 54.8 Å². The normalized spacial score (nSPS) is 11.8. The number of benzene rings is 1. The molecular formula is C24H26F2N8O2. The first-order valence-electron chi connectivity index (χ1n) is 11.3. The van der Waals surface area contributed by atoms with Crippen LogP contribution in [0.4, 0.5) is 20.5 Å². The maximum Gasteiger partial charge on any atom is 0.294 e. The summed E-state index contributed by atoms with van der Waals surface area (Å²) in [5.74, 6) is 1.17. The number of halogens is 2. The maximum atomic E-state index is 13.4. The zero-order valence-electron chi connectivity index (χ0n) is 20.4. The second kappa shape index (κ2) is 10.3. The van der Waals surface area contributed by atoms with Gasteiger partial charge in [0.25, 0.3) is 5.89 Å². The van der Waals surface area contributed by atoms with Gasteiger partial charge in [0, 0.05) is 43.1 Å². The molecule has 0 aliphatic heterocycles. The van der Waals surface area contributed by atoms with Gasteiger partial charge >= 0.3 is 0 Å². The van der Waals surface area contributed by atoms with Gasteiger partial charge in [-0.05, 0) is 23.6 Å². The number of aromatic nitrogens is 7. The number of alkyl halides is 2. The maximum absolute atomic E-state index is 13.4. The summed E-state index contributed by atoms with van der Waals surface area (Å²) in [5.41, 5.74) is 1.24. The third-order valence-electron chi connectivity index (χ3n) is 5.32. The van der Waals surface area contributed by atoms with Crippen molar-refractivity contribution in [1.29, 1.82) is 0 Å². The van der Waals surface area contributed by atoms with Crippen LogP contribution in [0.5, 0.6) is 0 Å². The van der Waals surface area contributed by atoms with Crippen LogP contribution in [0.15, 0.2) is 41.3 Å². The van der Waals surface area contributed by atoms with Crippen molar-refractivity contribution >= 4 is 17.5 Å². The summed E-state index contributed by atoms with van der Waals surface area (Å²) in [7, 11) is 1.79. The molecule has 4 rings (SSSR count). The van der Waals surface area contributed by atoms with E-state index in [1.165, 1.54) is 6.33 Å². The lowest BCUT2D eigenvalue weighted by atomic mass is 9.96. The molecule has 1 N–H and O–H groups in total. The lowest BCUT2D eigenvalue weighted by Gasteiger charge is -2.12. The third kappa shape index (κ3) is 6.12. The minimum Gasteiger partial charge on any atom is -0.331 e. The van der Waals surface area contributed by atoms with Crippen molar-refractivity contribution in [3.63, 3.8) is 0 Å². The molecule has 0 radical (unpaired) electrons. The Hall–Kier alpha value is -4.09. The van der Waals surface area contributed by atoms with Crippen LogP contribution in [0, 0.1) is 0 Å². The number of hydrogen-bond acceptors (Lipinski definition) is 9. The second-order valence-electron chi connectivity index (χ2n) is 9.31. The second-order valence-corrected chi connectivity index (χ2v) is 9.31. The Morgan fingerprint density at radius 2 is 1.94 bits per heavy atom. The number of carbonyl (C=O) groups excluding carboxylic acids is 1. The lowest BCUT2D eigenvalue weighted by Crippen LogP contribution is -2.13. The number of nitrogens with zero attached hydrogens (tertiary/aromatic N) is 7. The van der Waals surface area contributed by atoms with Gasteiger partial charge in [-0.3, -0.25) is 9.48 Å².